The van der Waals surface area contributed by atoms with Crippen molar-refractivity contribution >= 4 is 33.5 Å². The van der Waals surface area contributed by atoms with Crippen molar-refractivity contribution in [2.75, 3.05) is 36.4 Å². The van der Waals surface area contributed by atoms with Crippen LogP contribution in [0.2, 0.25) is 0 Å². The number of nitrogens with zero attached hydrogens (tertiary/aromatic N) is 5. The van der Waals surface area contributed by atoms with Crippen molar-refractivity contribution in [2.45, 2.75) is 69.4 Å². The molecule has 1 aliphatic carbocycles. The van der Waals surface area contributed by atoms with Gasteiger partial charge >= 0.3 is 5.97 Å². The fourth-order valence-electron chi connectivity index (χ4n) is 5.32. The van der Waals surface area contributed by atoms with Gasteiger partial charge in [-0.05, 0) is 99.3 Å². The van der Waals surface area contributed by atoms with E-state index in [0.29, 0.717) is 30.0 Å². The summed E-state index contributed by atoms with van der Waals surface area (Å²) < 4.78 is 27.4. The number of hydroxylamine groups is 1. The molecule has 1 aromatic heterocycles. The van der Waals surface area contributed by atoms with Crippen molar-refractivity contribution in [2.24, 2.45) is 5.92 Å². The second-order valence-electron chi connectivity index (χ2n) is 12.6. The molecule has 45 heavy (non-hydrogen) atoms. The fourth-order valence-corrected chi connectivity index (χ4v) is 6.92. The number of carbonyl (C=O) groups excluding carboxylic acids is 2. The van der Waals surface area contributed by atoms with Crippen LogP contribution in [0.4, 0.5) is 11.6 Å². The first kappa shape index (κ1) is 32.4. The Kier molecular flexibility index (Phi) is 10.0. The zero-order valence-corrected chi connectivity index (χ0v) is 26.9. The minimum Gasteiger partial charge on any atom is -0.371 e. The number of carbonyl (C=O) groups is 2. The Labute approximate surface area is 265 Å². The summed E-state index contributed by atoms with van der Waals surface area (Å²) in [5.41, 5.74) is 0.589. The van der Waals surface area contributed by atoms with Crippen LogP contribution in [0, 0.1) is 5.92 Å². The van der Waals surface area contributed by atoms with Crippen LogP contribution in [-0.2, 0) is 19.7 Å². The molecule has 0 radical (unpaired) electrons. The van der Waals surface area contributed by atoms with Crippen molar-refractivity contribution in [3.8, 4) is 0 Å². The molecule has 0 unspecified atom stereocenters. The summed E-state index contributed by atoms with van der Waals surface area (Å²) in [6, 6.07) is 17.6. The highest BCUT2D eigenvalue weighted by Crippen LogP contribution is 2.31. The number of hydrogen-bond acceptors (Lipinski definition) is 9. The summed E-state index contributed by atoms with van der Waals surface area (Å²) in [5, 5.41) is 3.40. The molecule has 1 N–H and O–H groups in total. The second-order valence-corrected chi connectivity index (χ2v) is 14.4. The van der Waals surface area contributed by atoms with Crippen molar-refractivity contribution in [3.05, 3.63) is 78.6 Å². The number of rotatable bonds is 12. The Hall–Kier alpha value is -4.03. The van der Waals surface area contributed by atoms with E-state index in [9.17, 15) is 18.0 Å². The van der Waals surface area contributed by atoms with Gasteiger partial charge in [-0.25, -0.2) is 18.4 Å². The molecule has 3 aromatic rings. The maximum absolute atomic E-state index is 13.6. The summed E-state index contributed by atoms with van der Waals surface area (Å²) in [6.45, 7) is 7.40. The smallest absolute Gasteiger partial charge is 0.328 e. The molecule has 0 atom stereocenters. The fraction of sp³-hybridized carbons (Fsp3) is 0.455. The van der Waals surface area contributed by atoms with E-state index in [2.05, 4.69) is 20.2 Å². The average molecular weight is 635 g/mol. The van der Waals surface area contributed by atoms with Gasteiger partial charge in [-0.2, -0.15) is 0 Å². The van der Waals surface area contributed by atoms with Gasteiger partial charge < -0.3 is 20.0 Å². The zero-order chi connectivity index (χ0) is 32.0. The largest absolute Gasteiger partial charge is 0.371 e. The van der Waals surface area contributed by atoms with Gasteiger partial charge in [0.25, 0.3) is 15.9 Å². The maximum Gasteiger partial charge on any atom is 0.328 e. The van der Waals surface area contributed by atoms with Crippen molar-refractivity contribution in [3.63, 3.8) is 0 Å². The summed E-state index contributed by atoms with van der Waals surface area (Å²) in [4.78, 5) is 44.6. The number of amides is 1. The maximum atomic E-state index is 13.6. The molecule has 11 nitrogen and oxygen atoms in total. The van der Waals surface area contributed by atoms with Gasteiger partial charge in [0.1, 0.15) is 0 Å². The van der Waals surface area contributed by atoms with Gasteiger partial charge in [0, 0.05) is 55.9 Å². The minimum absolute atomic E-state index is 0.0320. The third-order valence-electron chi connectivity index (χ3n) is 7.91. The molecule has 240 valence electrons. The third-order valence-corrected chi connectivity index (χ3v) is 9.84. The third kappa shape index (κ3) is 8.58. The van der Waals surface area contributed by atoms with Crippen LogP contribution >= 0.6 is 0 Å². The van der Waals surface area contributed by atoms with Crippen LogP contribution < -0.4 is 10.2 Å². The monoisotopic (exact) mass is 634 g/mol. The van der Waals surface area contributed by atoms with Gasteiger partial charge in [0.15, 0.2) is 0 Å². The Morgan fingerprint density at radius 1 is 0.933 bits per heavy atom. The molecule has 5 rings (SSSR count). The first-order valence-electron chi connectivity index (χ1n) is 15.5. The molecule has 1 amide bonds. The number of sulfonamides is 1. The molecule has 1 saturated carbocycles. The predicted molar refractivity (Wildman–Crippen MR) is 172 cm³/mol. The van der Waals surface area contributed by atoms with E-state index in [-0.39, 0.29) is 23.8 Å². The molecule has 1 saturated heterocycles. The molecule has 2 aromatic carbocycles. The standard InChI is InChI=1S/C33H42N6O5S/c1-33(2,3)39(45(42,43)29-8-5-4-6-9-29)44-30(40)18-23-38(24-25-10-11-25)31(41)26-12-14-28(15-13-26)37-21-16-27(17-22-37)36-32-34-19-7-20-35-32/h4-9,12-15,19-20,25,27H,10-11,16-18,21-24H2,1-3H3,(H,34,35,36). The minimum atomic E-state index is -4.10. The van der Waals surface area contributed by atoms with Gasteiger partial charge in [-0.1, -0.05) is 18.2 Å². The van der Waals surface area contributed by atoms with E-state index < -0.39 is 21.5 Å². The lowest BCUT2D eigenvalue weighted by molar-refractivity contribution is -0.182. The summed E-state index contributed by atoms with van der Waals surface area (Å²) in [6.07, 6.45) is 7.30. The number of benzene rings is 2. The van der Waals surface area contributed by atoms with E-state index >= 15 is 0 Å². The Bertz CT molecular complexity index is 1540. The quantitative estimate of drug-likeness (QED) is 0.281. The molecular formula is C33H42N6O5S. The number of hydrogen-bond donors (Lipinski definition) is 1. The van der Waals surface area contributed by atoms with Gasteiger partial charge in [-0.15, -0.1) is 0 Å². The molecule has 12 heteroatoms. The lowest BCUT2D eigenvalue weighted by Gasteiger charge is -2.34. The molecule has 0 spiro atoms. The highest BCUT2D eigenvalue weighted by atomic mass is 32.2. The highest BCUT2D eigenvalue weighted by molar-refractivity contribution is 7.89. The van der Waals surface area contributed by atoms with Gasteiger partial charge in [-0.3, -0.25) is 9.59 Å². The van der Waals surface area contributed by atoms with E-state index in [0.717, 1.165) is 48.9 Å². The Morgan fingerprint density at radius 2 is 1.58 bits per heavy atom. The van der Waals surface area contributed by atoms with E-state index in [4.69, 9.17) is 4.84 Å². The summed E-state index contributed by atoms with van der Waals surface area (Å²) in [7, 11) is -4.10. The molecule has 2 heterocycles. The molecule has 1 aliphatic heterocycles. The summed E-state index contributed by atoms with van der Waals surface area (Å²) >= 11 is 0. The van der Waals surface area contributed by atoms with Gasteiger partial charge in [0.2, 0.25) is 5.95 Å². The lowest BCUT2D eigenvalue weighted by Crippen LogP contribution is -2.47. The predicted octanol–water partition coefficient (Wildman–Crippen LogP) is 4.75. The highest BCUT2D eigenvalue weighted by Gasteiger charge is 2.38. The van der Waals surface area contributed by atoms with Crippen LogP contribution in [0.1, 0.15) is 63.2 Å². The summed E-state index contributed by atoms with van der Waals surface area (Å²) in [5.74, 6) is 0.179. The van der Waals surface area contributed by atoms with Crippen LogP contribution in [0.5, 0.6) is 0 Å². The van der Waals surface area contributed by atoms with Gasteiger partial charge in [0.05, 0.1) is 16.9 Å². The van der Waals surface area contributed by atoms with E-state index in [1.807, 2.05) is 24.3 Å². The number of nitrogens with one attached hydrogen (secondary N) is 1. The zero-order valence-electron chi connectivity index (χ0n) is 26.1. The molecule has 0 bridgehead atoms. The van der Waals surface area contributed by atoms with Crippen LogP contribution in [0.15, 0.2) is 78.0 Å². The average Bonchev–Trinajstić information content (AvgIpc) is 3.86. The first-order chi connectivity index (χ1) is 21.5. The first-order valence-corrected chi connectivity index (χ1v) is 16.9. The Morgan fingerprint density at radius 3 is 2.18 bits per heavy atom. The molecule has 2 aliphatic rings. The molecule has 2 fully saturated rings. The van der Waals surface area contributed by atoms with Crippen LogP contribution in [0.25, 0.3) is 0 Å². The number of aromatic nitrogens is 2. The van der Waals surface area contributed by atoms with Crippen LogP contribution in [0.3, 0.4) is 0 Å². The SMILES string of the molecule is CC(C)(C)N(OC(=O)CCN(CC1CC1)C(=O)c1ccc(N2CCC(Nc3ncccn3)CC2)cc1)S(=O)(=O)c1ccccc1. The number of piperidine rings is 1. The van der Waals surface area contributed by atoms with Crippen LogP contribution in [-0.4, -0.2) is 77.4 Å². The normalized spacial score (nSPS) is 16.0. The van der Waals surface area contributed by atoms with Crippen molar-refractivity contribution in [1.82, 2.24) is 19.3 Å². The van der Waals surface area contributed by atoms with E-state index in [1.54, 1.807) is 62.3 Å². The second kappa shape index (κ2) is 13.9. The molecular weight excluding hydrogens is 592 g/mol. The number of anilines is 2. The van der Waals surface area contributed by atoms with E-state index in [1.165, 1.54) is 12.1 Å². The Balaban J connectivity index is 1.18. The lowest BCUT2D eigenvalue weighted by atomic mass is 10.0. The van der Waals surface area contributed by atoms with Crippen molar-refractivity contribution < 1.29 is 22.8 Å². The van der Waals surface area contributed by atoms with Crippen molar-refractivity contribution in [1.29, 1.82) is 0 Å². The topological polar surface area (TPSA) is 125 Å².